The molecule has 3 heteroatoms. The zero-order valence-corrected chi connectivity index (χ0v) is 11.1. The highest BCUT2D eigenvalue weighted by Gasteiger charge is 2.28. The van der Waals surface area contributed by atoms with E-state index in [1.54, 1.807) is 0 Å². The summed E-state index contributed by atoms with van der Waals surface area (Å²) < 4.78 is 0. The Hall–Kier alpha value is -1.12. The number of nitrogens with zero attached hydrogens (tertiary/aromatic N) is 2. The minimum absolute atomic E-state index is 0.573. The van der Waals surface area contributed by atoms with E-state index in [0.717, 1.165) is 17.2 Å². The Bertz CT molecular complexity index is 404. The van der Waals surface area contributed by atoms with Crippen LogP contribution in [-0.4, -0.2) is 9.97 Å². The van der Waals surface area contributed by atoms with Crippen LogP contribution in [0.1, 0.15) is 81.1 Å². The van der Waals surface area contributed by atoms with E-state index in [9.17, 15) is 0 Å². The minimum atomic E-state index is 0.573. The van der Waals surface area contributed by atoms with Crippen molar-refractivity contribution in [2.24, 2.45) is 0 Å². The summed E-state index contributed by atoms with van der Waals surface area (Å²) in [5.74, 6) is 2.26. The molecule has 2 aliphatic carbocycles. The highest BCUT2D eigenvalue weighted by molar-refractivity contribution is 5.44. The molecule has 18 heavy (non-hydrogen) atoms. The second kappa shape index (κ2) is 5.25. The van der Waals surface area contributed by atoms with Gasteiger partial charge in [-0.05, 0) is 25.7 Å². The number of rotatable bonds is 2. The zero-order chi connectivity index (χ0) is 12.4. The van der Waals surface area contributed by atoms with Crippen molar-refractivity contribution in [3.63, 3.8) is 0 Å². The normalized spacial score (nSPS) is 22.4. The lowest BCUT2D eigenvalue weighted by Crippen LogP contribution is -2.10. The second-order valence-corrected chi connectivity index (χ2v) is 5.89. The molecule has 3 nitrogen and oxygen atoms in total. The molecular formula is C15H23N3. The molecule has 1 heterocycles. The molecule has 0 radical (unpaired) electrons. The van der Waals surface area contributed by atoms with E-state index >= 15 is 0 Å². The highest BCUT2D eigenvalue weighted by atomic mass is 14.9. The van der Waals surface area contributed by atoms with Crippen LogP contribution in [0.2, 0.25) is 0 Å². The fourth-order valence-electron chi connectivity index (χ4n) is 3.01. The number of nitrogens with two attached hydrogens (primary N) is 1. The molecule has 0 unspecified atom stereocenters. The van der Waals surface area contributed by atoms with Gasteiger partial charge in [-0.1, -0.05) is 32.1 Å². The van der Waals surface area contributed by atoms with Gasteiger partial charge in [0.05, 0.1) is 17.6 Å². The van der Waals surface area contributed by atoms with Gasteiger partial charge in [0.15, 0.2) is 0 Å². The van der Waals surface area contributed by atoms with E-state index in [0.29, 0.717) is 11.8 Å². The number of hydrogen-bond donors (Lipinski definition) is 1. The molecule has 0 aliphatic heterocycles. The van der Waals surface area contributed by atoms with Crippen molar-refractivity contribution in [2.45, 2.75) is 69.6 Å². The maximum Gasteiger partial charge on any atom is 0.131 e. The molecule has 2 aliphatic rings. The van der Waals surface area contributed by atoms with Crippen LogP contribution >= 0.6 is 0 Å². The maximum absolute atomic E-state index is 5.99. The lowest BCUT2D eigenvalue weighted by atomic mass is 9.90. The number of anilines is 1. The first-order chi connectivity index (χ1) is 8.84. The molecule has 98 valence electrons. The van der Waals surface area contributed by atoms with Crippen LogP contribution in [0, 0.1) is 0 Å². The van der Waals surface area contributed by atoms with Gasteiger partial charge in [0, 0.05) is 11.8 Å². The van der Waals surface area contributed by atoms with Crippen molar-refractivity contribution in [3.8, 4) is 0 Å². The standard InChI is InChI=1S/C15H23N3/c16-13-10-17-15(18-14(13)11-8-9-11)12-6-4-2-1-3-5-7-12/h10-12H,1-9,16H2. The SMILES string of the molecule is Nc1cnc(C2CCCCCCC2)nc1C1CC1. The molecule has 1 aromatic heterocycles. The van der Waals surface area contributed by atoms with E-state index in [1.165, 1.54) is 57.8 Å². The molecule has 0 amide bonds. The van der Waals surface area contributed by atoms with Gasteiger partial charge in [0.25, 0.3) is 0 Å². The van der Waals surface area contributed by atoms with Gasteiger partial charge >= 0.3 is 0 Å². The lowest BCUT2D eigenvalue weighted by Gasteiger charge is -2.19. The molecule has 1 aromatic rings. The Balaban J connectivity index is 1.79. The summed E-state index contributed by atoms with van der Waals surface area (Å²) >= 11 is 0. The Morgan fingerprint density at radius 3 is 2.22 bits per heavy atom. The first kappa shape index (κ1) is 11.9. The summed E-state index contributed by atoms with van der Waals surface area (Å²) in [7, 11) is 0. The van der Waals surface area contributed by atoms with Gasteiger partial charge in [-0.25, -0.2) is 9.97 Å². The summed E-state index contributed by atoms with van der Waals surface area (Å²) in [4.78, 5) is 9.30. The van der Waals surface area contributed by atoms with E-state index in [-0.39, 0.29) is 0 Å². The molecule has 3 rings (SSSR count). The Morgan fingerprint density at radius 1 is 0.889 bits per heavy atom. The smallest absolute Gasteiger partial charge is 0.131 e. The van der Waals surface area contributed by atoms with Crippen molar-refractivity contribution >= 4 is 5.69 Å². The first-order valence-electron chi connectivity index (χ1n) is 7.47. The van der Waals surface area contributed by atoms with E-state index < -0.39 is 0 Å². The average Bonchev–Trinajstić information content (AvgIpc) is 3.14. The Labute approximate surface area is 109 Å². The van der Waals surface area contributed by atoms with Crippen LogP contribution in [0.3, 0.4) is 0 Å². The summed E-state index contributed by atoms with van der Waals surface area (Å²) in [6, 6.07) is 0. The van der Waals surface area contributed by atoms with E-state index in [2.05, 4.69) is 4.98 Å². The minimum Gasteiger partial charge on any atom is -0.396 e. The molecular weight excluding hydrogens is 222 g/mol. The van der Waals surface area contributed by atoms with Crippen LogP contribution < -0.4 is 5.73 Å². The van der Waals surface area contributed by atoms with Gasteiger partial charge in [-0.2, -0.15) is 0 Å². The quantitative estimate of drug-likeness (QED) is 0.863. The fourth-order valence-corrected chi connectivity index (χ4v) is 3.01. The maximum atomic E-state index is 5.99. The molecule has 2 saturated carbocycles. The predicted molar refractivity (Wildman–Crippen MR) is 73.5 cm³/mol. The van der Waals surface area contributed by atoms with Crippen molar-refractivity contribution in [1.29, 1.82) is 0 Å². The monoisotopic (exact) mass is 245 g/mol. The zero-order valence-electron chi connectivity index (χ0n) is 11.1. The van der Waals surface area contributed by atoms with Crippen LogP contribution in [0.4, 0.5) is 5.69 Å². The lowest BCUT2D eigenvalue weighted by molar-refractivity contribution is 0.441. The summed E-state index contributed by atoms with van der Waals surface area (Å²) in [5.41, 5.74) is 7.92. The second-order valence-electron chi connectivity index (χ2n) is 5.89. The molecule has 0 aromatic carbocycles. The summed E-state index contributed by atoms with van der Waals surface area (Å²) in [6.07, 6.45) is 13.7. The largest absolute Gasteiger partial charge is 0.396 e. The fraction of sp³-hybridized carbons (Fsp3) is 0.733. The Morgan fingerprint density at radius 2 is 1.56 bits per heavy atom. The average molecular weight is 245 g/mol. The van der Waals surface area contributed by atoms with Gasteiger partial charge in [0.1, 0.15) is 5.82 Å². The third kappa shape index (κ3) is 2.65. The topological polar surface area (TPSA) is 51.8 Å². The van der Waals surface area contributed by atoms with Gasteiger partial charge < -0.3 is 5.73 Å². The molecule has 0 bridgehead atoms. The van der Waals surface area contributed by atoms with Crippen molar-refractivity contribution < 1.29 is 0 Å². The number of nitrogen functional groups attached to an aromatic ring is 1. The van der Waals surface area contributed by atoms with Crippen molar-refractivity contribution in [1.82, 2.24) is 9.97 Å². The molecule has 0 saturated heterocycles. The molecule has 0 spiro atoms. The third-order valence-electron chi connectivity index (χ3n) is 4.30. The van der Waals surface area contributed by atoms with Crippen molar-refractivity contribution in [2.75, 3.05) is 5.73 Å². The third-order valence-corrected chi connectivity index (χ3v) is 4.30. The van der Waals surface area contributed by atoms with Crippen LogP contribution in [-0.2, 0) is 0 Å². The number of aromatic nitrogens is 2. The Kier molecular flexibility index (Phi) is 3.48. The number of hydrogen-bond acceptors (Lipinski definition) is 3. The molecule has 2 fully saturated rings. The summed E-state index contributed by atoms with van der Waals surface area (Å²) in [5, 5.41) is 0. The van der Waals surface area contributed by atoms with Crippen LogP contribution in [0.5, 0.6) is 0 Å². The molecule has 2 N–H and O–H groups in total. The van der Waals surface area contributed by atoms with Crippen LogP contribution in [0.15, 0.2) is 6.20 Å². The first-order valence-corrected chi connectivity index (χ1v) is 7.47. The van der Waals surface area contributed by atoms with Crippen LogP contribution in [0.25, 0.3) is 0 Å². The van der Waals surface area contributed by atoms with E-state index in [1.807, 2.05) is 6.20 Å². The van der Waals surface area contributed by atoms with E-state index in [4.69, 9.17) is 10.7 Å². The van der Waals surface area contributed by atoms with Gasteiger partial charge in [0.2, 0.25) is 0 Å². The highest BCUT2D eigenvalue weighted by Crippen LogP contribution is 2.42. The summed E-state index contributed by atoms with van der Waals surface area (Å²) in [6.45, 7) is 0. The van der Waals surface area contributed by atoms with Gasteiger partial charge in [-0.15, -0.1) is 0 Å². The predicted octanol–water partition coefficient (Wildman–Crippen LogP) is 3.76. The van der Waals surface area contributed by atoms with Gasteiger partial charge in [-0.3, -0.25) is 0 Å². The molecule has 0 atom stereocenters. The van der Waals surface area contributed by atoms with Crippen molar-refractivity contribution in [3.05, 3.63) is 17.7 Å².